The van der Waals surface area contributed by atoms with E-state index in [-0.39, 0.29) is 33.9 Å². The summed E-state index contributed by atoms with van der Waals surface area (Å²) in [6.07, 6.45) is 0. The van der Waals surface area contributed by atoms with Gasteiger partial charge in [0, 0.05) is 0 Å². The maximum absolute atomic E-state index is 4.66. The molecule has 0 radical (unpaired) electrons. The molecule has 0 saturated heterocycles. The second kappa shape index (κ2) is 13.6. The van der Waals surface area contributed by atoms with Gasteiger partial charge < -0.3 is 35.9 Å². The molecule has 0 aliphatic carbocycles. The van der Waals surface area contributed by atoms with Gasteiger partial charge in [-0.05, 0) is 19.5 Å². The van der Waals surface area contributed by atoms with Gasteiger partial charge in [-0.15, -0.1) is 0 Å². The molecule has 0 aliphatic heterocycles. The van der Waals surface area contributed by atoms with Gasteiger partial charge in [0.25, 0.3) is 0 Å². The molecule has 0 unspecified atom stereocenters. The molecule has 5 heteroatoms. The van der Waals surface area contributed by atoms with Crippen LogP contribution < -0.4 is 40.6 Å². The fraction of sp³-hybridized carbons (Fsp3) is 0.833. The molecule has 11 heavy (non-hydrogen) atoms. The molecule has 2 nitrogen and oxygen atoms in total. The Labute approximate surface area is 102 Å². The molecule has 62 valence electrons. The molecule has 0 heterocycles. The van der Waals surface area contributed by atoms with Gasteiger partial charge in [0.05, 0.1) is 0 Å². The molecule has 0 atom stereocenters. The topological polar surface area (TPSA) is 38.0 Å². The Morgan fingerprint density at radius 2 is 1.91 bits per heavy atom. The Morgan fingerprint density at radius 1 is 1.64 bits per heavy atom. The van der Waals surface area contributed by atoms with E-state index in [2.05, 4.69) is 49.7 Å². The summed E-state index contributed by atoms with van der Waals surface area (Å²) in [6, 6.07) is 0. The predicted octanol–water partition coefficient (Wildman–Crippen LogP) is -2.36. The monoisotopic (exact) mass is 202 g/mol. The van der Waals surface area contributed by atoms with Gasteiger partial charge in [-0.2, -0.15) is 0 Å². The number of rotatable bonds is 2. The van der Waals surface area contributed by atoms with Crippen molar-refractivity contribution in [2.75, 3.05) is 13.6 Å². The molecule has 0 aromatic heterocycles. The first-order chi connectivity index (χ1) is 4.50. The van der Waals surface area contributed by atoms with Crippen LogP contribution in [0.5, 0.6) is 0 Å². The smallest absolute Gasteiger partial charge is 0.415 e. The number of hydrogen-bond donors (Lipinski definition) is 2. The van der Waals surface area contributed by atoms with Crippen LogP contribution in [0.3, 0.4) is 0 Å². The van der Waals surface area contributed by atoms with E-state index in [0.717, 1.165) is 12.5 Å². The largest absolute Gasteiger partial charge is 1.00 e. The van der Waals surface area contributed by atoms with Crippen LogP contribution in [0.25, 0.3) is 0 Å². The Kier molecular flexibility index (Phi) is 22.3. The molecular weight excluding hydrogens is 187 g/mol. The van der Waals surface area contributed by atoms with Gasteiger partial charge in [-0.3, -0.25) is 0 Å². The SMILES string of the molecule is CNCC(C)C.NC(=S)[S-].[Na+]. The van der Waals surface area contributed by atoms with Crippen LogP contribution in [0.15, 0.2) is 0 Å². The average Bonchev–Trinajstić information content (AvgIpc) is 1.62. The predicted molar refractivity (Wildman–Crippen MR) is 52.9 cm³/mol. The summed E-state index contributed by atoms with van der Waals surface area (Å²) in [5, 5.41) is 3.07. The zero-order valence-electron chi connectivity index (χ0n) is 7.68. The van der Waals surface area contributed by atoms with Crippen molar-refractivity contribution in [3.05, 3.63) is 0 Å². The average molecular weight is 202 g/mol. The minimum Gasteiger partial charge on any atom is -0.415 e. The summed E-state index contributed by atoms with van der Waals surface area (Å²) < 4.78 is 0.0833. The quantitative estimate of drug-likeness (QED) is 0.299. The molecule has 3 N–H and O–H groups in total. The molecule has 0 spiro atoms. The zero-order valence-corrected chi connectivity index (χ0v) is 11.3. The first-order valence-corrected chi connectivity index (χ1v) is 3.93. The van der Waals surface area contributed by atoms with Crippen LogP contribution in [0.4, 0.5) is 0 Å². The third-order valence-corrected chi connectivity index (χ3v) is 0.612. The van der Waals surface area contributed by atoms with Crippen molar-refractivity contribution in [3.63, 3.8) is 0 Å². The van der Waals surface area contributed by atoms with Gasteiger partial charge in [-0.1, -0.05) is 18.2 Å². The van der Waals surface area contributed by atoms with Crippen molar-refractivity contribution >= 4 is 29.2 Å². The molecule has 0 aromatic rings. The molecule has 0 saturated carbocycles. The Morgan fingerprint density at radius 3 is 1.91 bits per heavy atom. The van der Waals surface area contributed by atoms with E-state index in [0.29, 0.717) is 0 Å². The molecule has 0 bridgehead atoms. The third kappa shape index (κ3) is 55.0. The summed E-state index contributed by atoms with van der Waals surface area (Å²) in [4.78, 5) is 0. The van der Waals surface area contributed by atoms with Crippen LogP contribution in [0.2, 0.25) is 0 Å². The van der Waals surface area contributed by atoms with Crippen LogP contribution in [-0.2, 0) is 12.6 Å². The van der Waals surface area contributed by atoms with Gasteiger partial charge in [0.2, 0.25) is 0 Å². The number of nitrogens with one attached hydrogen (secondary N) is 1. The van der Waals surface area contributed by atoms with E-state index in [4.69, 9.17) is 0 Å². The van der Waals surface area contributed by atoms with Gasteiger partial charge in [0.15, 0.2) is 0 Å². The Balaban J connectivity index is -0.000000114. The van der Waals surface area contributed by atoms with Gasteiger partial charge in [-0.25, -0.2) is 0 Å². The van der Waals surface area contributed by atoms with E-state index in [1.54, 1.807) is 0 Å². The Hall–Kier alpha value is 1.07. The fourth-order valence-electron chi connectivity index (χ4n) is 0.408. The normalized spacial score (nSPS) is 7.64. The molecule has 0 fully saturated rings. The summed E-state index contributed by atoms with van der Waals surface area (Å²) in [5.74, 6) is 0.787. The van der Waals surface area contributed by atoms with Crippen LogP contribution in [-0.4, -0.2) is 17.9 Å². The number of thiocarbonyl (C=S) groups is 1. The van der Waals surface area contributed by atoms with E-state index in [1.807, 2.05) is 7.05 Å². The maximum atomic E-state index is 4.66. The van der Waals surface area contributed by atoms with E-state index < -0.39 is 0 Å². The summed E-state index contributed by atoms with van der Waals surface area (Å²) >= 11 is 8.26. The summed E-state index contributed by atoms with van der Waals surface area (Å²) in [5.41, 5.74) is 4.66. The van der Waals surface area contributed by atoms with E-state index in [9.17, 15) is 0 Å². The second-order valence-electron chi connectivity index (χ2n) is 2.27. The van der Waals surface area contributed by atoms with Gasteiger partial charge in [0.1, 0.15) is 0 Å². The summed E-state index contributed by atoms with van der Waals surface area (Å²) in [7, 11) is 1.97. The molecule has 0 amide bonds. The number of nitrogens with two attached hydrogens (primary N) is 1. The summed E-state index contributed by atoms with van der Waals surface area (Å²) in [6.45, 7) is 5.51. The van der Waals surface area contributed by atoms with Crippen molar-refractivity contribution in [2.45, 2.75) is 13.8 Å². The fourth-order valence-corrected chi connectivity index (χ4v) is 0.408. The molecular formula is C6H15N2NaS2. The van der Waals surface area contributed by atoms with Crippen LogP contribution >= 0.6 is 12.2 Å². The minimum atomic E-state index is 0. The van der Waals surface area contributed by atoms with E-state index >= 15 is 0 Å². The molecule has 0 rings (SSSR count). The van der Waals surface area contributed by atoms with Crippen LogP contribution in [0, 0.1) is 5.92 Å². The van der Waals surface area contributed by atoms with Crippen LogP contribution in [0.1, 0.15) is 13.8 Å². The minimum absolute atomic E-state index is 0. The van der Waals surface area contributed by atoms with Gasteiger partial charge >= 0.3 is 29.6 Å². The molecule has 0 aliphatic rings. The van der Waals surface area contributed by atoms with Crippen molar-refractivity contribution in [3.8, 4) is 0 Å². The van der Waals surface area contributed by atoms with Crippen molar-refractivity contribution < 1.29 is 29.6 Å². The standard InChI is InChI=1S/C5H13N.CH3NS2.Na/c1-5(2)4-6-3;2-1(3)4;/h5-6H,4H2,1-3H3;(H3,2,3,4);/q;;+1/p-1. The molecule has 0 aromatic carbocycles. The van der Waals surface area contributed by atoms with E-state index in [1.165, 1.54) is 0 Å². The second-order valence-corrected chi connectivity index (χ2v) is 3.41. The third-order valence-electron chi connectivity index (χ3n) is 0.612. The van der Waals surface area contributed by atoms with Crippen molar-refractivity contribution in [1.82, 2.24) is 5.32 Å². The Bertz CT molecular complexity index is 84.7. The first kappa shape index (κ1) is 18.0. The van der Waals surface area contributed by atoms with Crippen molar-refractivity contribution in [1.29, 1.82) is 0 Å². The number of hydrogen-bond acceptors (Lipinski definition) is 3. The maximum Gasteiger partial charge on any atom is 1.00 e. The van der Waals surface area contributed by atoms with Crippen molar-refractivity contribution in [2.24, 2.45) is 11.7 Å². The zero-order chi connectivity index (χ0) is 8.57. The first-order valence-electron chi connectivity index (χ1n) is 3.11.